The van der Waals surface area contributed by atoms with Crippen molar-refractivity contribution in [1.82, 2.24) is 19.7 Å². The average molecular weight is 408 g/mol. The monoisotopic (exact) mass is 407 g/mol. The smallest absolute Gasteiger partial charge is 0.310 e. The molecule has 3 rings (SSSR count). The Morgan fingerprint density at radius 3 is 2.54 bits per heavy atom. The molecule has 2 aromatic heterocycles. The number of nitrogens with one attached hydrogen (secondary N) is 1. The molecule has 3 aromatic rings. The SMILES string of the molecule is COC(=O)Cc1c(Cl)nc(Cc2ccc([N+](=O)[O-])cc2)n2ccnc12.[13CH3]N[13CH3]. The van der Waals surface area contributed by atoms with E-state index in [1.54, 1.807) is 28.9 Å². The number of rotatable bonds is 5. The van der Waals surface area contributed by atoms with Gasteiger partial charge in [0.15, 0.2) is 0 Å². The van der Waals surface area contributed by atoms with Crippen LogP contribution in [0.4, 0.5) is 5.69 Å². The predicted molar refractivity (Wildman–Crippen MR) is 105 cm³/mol. The largest absolute Gasteiger partial charge is 0.469 e. The molecule has 0 bridgehead atoms. The van der Waals surface area contributed by atoms with Gasteiger partial charge in [-0.1, -0.05) is 23.7 Å². The lowest BCUT2D eigenvalue weighted by Crippen LogP contribution is -2.10. The molecule has 1 N–H and O–H groups in total. The summed E-state index contributed by atoms with van der Waals surface area (Å²) in [5, 5.41) is 13.7. The van der Waals surface area contributed by atoms with Gasteiger partial charge >= 0.3 is 5.97 Å². The van der Waals surface area contributed by atoms with Gasteiger partial charge < -0.3 is 10.1 Å². The molecule has 9 nitrogen and oxygen atoms in total. The van der Waals surface area contributed by atoms with Gasteiger partial charge in [-0.05, 0) is 19.7 Å². The molecule has 0 atom stereocenters. The van der Waals surface area contributed by atoms with Crippen LogP contribution in [0.15, 0.2) is 36.7 Å². The van der Waals surface area contributed by atoms with E-state index in [1.807, 2.05) is 14.1 Å². The second-order valence-corrected chi connectivity index (χ2v) is 6.13. The number of halogens is 1. The zero-order valence-corrected chi connectivity index (χ0v) is 16.4. The van der Waals surface area contributed by atoms with Crippen LogP contribution in [-0.4, -0.2) is 46.5 Å². The first-order valence-corrected chi connectivity index (χ1v) is 8.68. The Morgan fingerprint density at radius 1 is 1.32 bits per heavy atom. The van der Waals surface area contributed by atoms with Gasteiger partial charge in [-0.3, -0.25) is 19.3 Å². The topological polar surface area (TPSA) is 112 Å². The fraction of sp³-hybridized carbons (Fsp3) is 0.278. The van der Waals surface area contributed by atoms with Crippen molar-refractivity contribution < 1.29 is 14.5 Å². The van der Waals surface area contributed by atoms with Crippen molar-refractivity contribution in [3.8, 4) is 0 Å². The number of nitro groups is 1. The van der Waals surface area contributed by atoms with Gasteiger partial charge in [-0.15, -0.1) is 0 Å². The van der Waals surface area contributed by atoms with E-state index in [0.29, 0.717) is 23.5 Å². The minimum absolute atomic E-state index is 0.0240. The maximum atomic E-state index is 11.6. The number of nitro benzene ring substituents is 1. The number of esters is 1. The number of hydrogen-bond acceptors (Lipinski definition) is 7. The Bertz CT molecular complexity index is 972. The summed E-state index contributed by atoms with van der Waals surface area (Å²) in [7, 11) is 5.05. The Morgan fingerprint density at radius 2 is 1.96 bits per heavy atom. The molecule has 0 amide bonds. The summed E-state index contributed by atoms with van der Waals surface area (Å²) >= 11 is 6.24. The van der Waals surface area contributed by atoms with E-state index in [2.05, 4.69) is 20.0 Å². The highest BCUT2D eigenvalue weighted by atomic mass is 35.5. The first-order valence-electron chi connectivity index (χ1n) is 8.30. The highest BCUT2D eigenvalue weighted by Crippen LogP contribution is 2.22. The molecule has 0 saturated carbocycles. The Hall–Kier alpha value is -3.04. The highest BCUT2D eigenvalue weighted by molar-refractivity contribution is 6.30. The van der Waals surface area contributed by atoms with Gasteiger partial charge in [-0.25, -0.2) is 9.97 Å². The quantitative estimate of drug-likeness (QED) is 0.227. The van der Waals surface area contributed by atoms with Crippen LogP contribution in [0.5, 0.6) is 0 Å². The summed E-state index contributed by atoms with van der Waals surface area (Å²) in [6, 6.07) is 6.21. The van der Waals surface area contributed by atoms with Crippen LogP contribution in [0.2, 0.25) is 5.15 Å². The van der Waals surface area contributed by atoms with Crippen LogP contribution in [0.3, 0.4) is 0 Å². The summed E-state index contributed by atoms with van der Waals surface area (Å²) in [6.45, 7) is 0. The maximum Gasteiger partial charge on any atom is 0.310 e. The number of benzene rings is 1. The molecule has 0 radical (unpaired) electrons. The first-order chi connectivity index (χ1) is 13.4. The molecule has 0 aliphatic carbocycles. The highest BCUT2D eigenvalue weighted by Gasteiger charge is 2.17. The minimum Gasteiger partial charge on any atom is -0.469 e. The number of aromatic nitrogens is 3. The van der Waals surface area contributed by atoms with Crippen molar-refractivity contribution in [2.24, 2.45) is 0 Å². The molecule has 0 aliphatic rings. The number of imidazole rings is 1. The predicted octanol–water partition coefficient (Wildman–Crippen LogP) is 2.43. The Kier molecular flexibility index (Phi) is 7.42. The zero-order chi connectivity index (χ0) is 20.7. The summed E-state index contributed by atoms with van der Waals surface area (Å²) < 4.78 is 6.42. The average Bonchev–Trinajstić information content (AvgIpc) is 3.16. The molecule has 2 heterocycles. The van der Waals surface area contributed by atoms with E-state index in [4.69, 9.17) is 11.6 Å². The first kappa shape index (κ1) is 21.3. The molecular formula is C18H20ClN5O4. The van der Waals surface area contributed by atoms with E-state index in [1.165, 1.54) is 19.2 Å². The molecule has 0 spiro atoms. The third-order valence-electron chi connectivity index (χ3n) is 3.72. The second kappa shape index (κ2) is 9.77. The van der Waals surface area contributed by atoms with Gasteiger partial charge in [0.2, 0.25) is 0 Å². The van der Waals surface area contributed by atoms with Crippen LogP contribution in [-0.2, 0) is 22.4 Å². The fourth-order valence-electron chi connectivity index (χ4n) is 2.47. The number of non-ortho nitro benzene ring substituents is 1. The Labute approximate surface area is 166 Å². The molecule has 28 heavy (non-hydrogen) atoms. The van der Waals surface area contributed by atoms with Crippen LogP contribution in [0.1, 0.15) is 17.0 Å². The number of ether oxygens (including phenoxy) is 1. The third kappa shape index (κ3) is 5.02. The molecule has 148 valence electrons. The summed E-state index contributed by atoms with van der Waals surface area (Å²) in [6.07, 6.45) is 3.69. The molecule has 0 fully saturated rings. The normalized spacial score (nSPS) is 10.3. The summed E-state index contributed by atoms with van der Waals surface area (Å²) in [4.78, 5) is 30.5. The van der Waals surface area contributed by atoms with Gasteiger partial charge in [0.25, 0.3) is 5.69 Å². The third-order valence-corrected chi connectivity index (χ3v) is 4.04. The van der Waals surface area contributed by atoms with Crippen molar-refractivity contribution in [3.05, 3.63) is 68.9 Å². The lowest BCUT2D eigenvalue weighted by molar-refractivity contribution is -0.384. The molecular weight excluding hydrogens is 388 g/mol. The van der Waals surface area contributed by atoms with Crippen LogP contribution >= 0.6 is 11.6 Å². The van der Waals surface area contributed by atoms with Crippen molar-refractivity contribution in [1.29, 1.82) is 0 Å². The molecule has 1 aromatic carbocycles. The van der Waals surface area contributed by atoms with E-state index in [0.717, 1.165) is 5.56 Å². The maximum absolute atomic E-state index is 11.6. The van der Waals surface area contributed by atoms with Crippen molar-refractivity contribution in [3.63, 3.8) is 0 Å². The van der Waals surface area contributed by atoms with E-state index < -0.39 is 10.9 Å². The summed E-state index contributed by atoms with van der Waals surface area (Å²) in [5.74, 6) is 0.177. The zero-order valence-electron chi connectivity index (χ0n) is 15.7. The van der Waals surface area contributed by atoms with Gasteiger partial charge in [-0.2, -0.15) is 0 Å². The number of carbonyl (C=O) groups excluding carboxylic acids is 1. The van der Waals surface area contributed by atoms with Crippen LogP contribution in [0, 0.1) is 10.1 Å². The van der Waals surface area contributed by atoms with E-state index >= 15 is 0 Å². The number of nitrogens with zero attached hydrogens (tertiary/aromatic N) is 4. The summed E-state index contributed by atoms with van der Waals surface area (Å²) in [5.41, 5.74) is 1.88. The Balaban J connectivity index is 0.000000878. The van der Waals surface area contributed by atoms with Gasteiger partial charge in [0.05, 0.1) is 18.5 Å². The van der Waals surface area contributed by atoms with Crippen molar-refractivity contribution in [2.45, 2.75) is 12.8 Å². The van der Waals surface area contributed by atoms with Crippen molar-refractivity contribution in [2.75, 3.05) is 21.2 Å². The number of hydrogen-bond donors (Lipinski definition) is 1. The van der Waals surface area contributed by atoms with E-state index in [-0.39, 0.29) is 17.3 Å². The van der Waals surface area contributed by atoms with Gasteiger partial charge in [0, 0.05) is 36.5 Å². The lowest BCUT2D eigenvalue weighted by Gasteiger charge is -2.10. The number of fused-ring (bicyclic) bond motifs is 1. The molecule has 0 aliphatic heterocycles. The second-order valence-electron chi connectivity index (χ2n) is 5.77. The fourth-order valence-corrected chi connectivity index (χ4v) is 2.72. The standard InChI is InChI=1S/C16H13ClN4O4.C2H7N/c1-25-14(22)9-12-15(17)19-13(20-7-6-18-16(12)20)8-10-2-4-11(5-3-10)21(23)24;1-3-2/h2-7H,8-9H2,1H3;3H,1-2H3/i;1+1,2+1. The van der Waals surface area contributed by atoms with Crippen molar-refractivity contribution >= 4 is 28.9 Å². The molecule has 10 heteroatoms. The van der Waals surface area contributed by atoms with Crippen LogP contribution in [0.25, 0.3) is 5.65 Å². The number of carbonyl (C=O) groups is 1. The van der Waals surface area contributed by atoms with Crippen LogP contribution < -0.4 is 5.32 Å². The minimum atomic E-state index is -0.450. The number of methoxy groups -OCH3 is 1. The molecule has 0 unspecified atom stereocenters. The lowest BCUT2D eigenvalue weighted by atomic mass is 10.1. The van der Waals surface area contributed by atoms with Gasteiger partial charge in [0.1, 0.15) is 16.6 Å². The van der Waals surface area contributed by atoms with E-state index in [9.17, 15) is 14.9 Å². The molecule has 0 saturated heterocycles.